The number of hydrogen-bond donors (Lipinski definition) is 0. The molecule has 0 saturated carbocycles. The number of nitrogens with zero attached hydrogens (tertiary/aromatic N) is 2. The zero-order valence-corrected chi connectivity index (χ0v) is 14.8. The van der Waals surface area contributed by atoms with Crippen LogP contribution in [0.15, 0.2) is 18.2 Å². The Kier molecular flexibility index (Phi) is 8.18. The lowest BCUT2D eigenvalue weighted by Crippen LogP contribution is -2.37. The van der Waals surface area contributed by atoms with E-state index >= 15 is 0 Å². The lowest BCUT2D eigenvalue weighted by atomic mass is 10.1. The smallest absolute Gasteiger partial charge is 0.240 e. The van der Waals surface area contributed by atoms with Crippen molar-refractivity contribution in [2.75, 3.05) is 19.7 Å². The molecule has 23 heavy (non-hydrogen) atoms. The van der Waals surface area contributed by atoms with E-state index in [2.05, 4.69) is 12.1 Å². The summed E-state index contributed by atoms with van der Waals surface area (Å²) >= 11 is 0. The van der Waals surface area contributed by atoms with Crippen molar-refractivity contribution >= 4 is 5.91 Å². The molecule has 0 heterocycles. The van der Waals surface area contributed by atoms with Crippen LogP contribution in [0.1, 0.15) is 44.2 Å². The number of benzene rings is 1. The Morgan fingerprint density at radius 2 is 1.74 bits per heavy atom. The molecule has 0 bridgehead atoms. The molecule has 0 fully saturated rings. The Hall–Kier alpha value is -2.02. The number of carbonyl (C=O) groups excluding carboxylic acids is 1. The first-order valence-electron chi connectivity index (χ1n) is 8.41. The van der Waals surface area contributed by atoms with Crippen LogP contribution in [0.2, 0.25) is 0 Å². The van der Waals surface area contributed by atoms with Crippen LogP contribution in [-0.4, -0.2) is 30.5 Å². The SMILES string of the molecule is CCCN(CCC)C(=O)C(C#N)CCOc1cc(C)cc(C)c1. The second-order valence-electron chi connectivity index (χ2n) is 5.97. The second-order valence-corrected chi connectivity index (χ2v) is 5.97. The van der Waals surface area contributed by atoms with Crippen LogP contribution in [0.25, 0.3) is 0 Å². The van der Waals surface area contributed by atoms with Crippen LogP contribution in [0.3, 0.4) is 0 Å². The maximum Gasteiger partial charge on any atom is 0.240 e. The summed E-state index contributed by atoms with van der Waals surface area (Å²) in [4.78, 5) is 14.2. The Morgan fingerprint density at radius 3 is 2.22 bits per heavy atom. The minimum absolute atomic E-state index is 0.0692. The Labute approximate surface area is 140 Å². The summed E-state index contributed by atoms with van der Waals surface area (Å²) in [6, 6.07) is 8.16. The summed E-state index contributed by atoms with van der Waals surface area (Å²) in [6.45, 7) is 9.93. The molecule has 0 radical (unpaired) electrons. The predicted octanol–water partition coefficient (Wildman–Crippen LogP) is 3.86. The van der Waals surface area contributed by atoms with Crippen LogP contribution >= 0.6 is 0 Å². The molecule has 0 aliphatic heterocycles. The van der Waals surface area contributed by atoms with Gasteiger partial charge in [0.1, 0.15) is 11.7 Å². The fourth-order valence-electron chi connectivity index (χ4n) is 2.65. The quantitative estimate of drug-likeness (QED) is 0.695. The van der Waals surface area contributed by atoms with Crippen molar-refractivity contribution in [2.45, 2.75) is 47.0 Å². The summed E-state index contributed by atoms with van der Waals surface area (Å²) in [5.74, 6) is 0.102. The molecule has 4 nitrogen and oxygen atoms in total. The van der Waals surface area contributed by atoms with Crippen LogP contribution < -0.4 is 4.74 Å². The summed E-state index contributed by atoms with van der Waals surface area (Å²) in [5, 5.41) is 9.31. The van der Waals surface area contributed by atoms with E-state index in [1.807, 2.05) is 39.8 Å². The summed E-state index contributed by atoms with van der Waals surface area (Å²) in [7, 11) is 0. The molecule has 1 amide bonds. The topological polar surface area (TPSA) is 53.3 Å². The van der Waals surface area contributed by atoms with Gasteiger partial charge >= 0.3 is 0 Å². The average molecular weight is 316 g/mol. The Balaban J connectivity index is 2.58. The maximum atomic E-state index is 12.5. The summed E-state index contributed by atoms with van der Waals surface area (Å²) < 4.78 is 5.73. The third-order valence-electron chi connectivity index (χ3n) is 3.62. The third-order valence-corrected chi connectivity index (χ3v) is 3.62. The van der Waals surface area contributed by atoms with Crippen molar-refractivity contribution in [3.8, 4) is 11.8 Å². The van der Waals surface area contributed by atoms with Crippen LogP contribution in [0.4, 0.5) is 0 Å². The monoisotopic (exact) mass is 316 g/mol. The first-order valence-corrected chi connectivity index (χ1v) is 8.41. The highest BCUT2D eigenvalue weighted by atomic mass is 16.5. The van der Waals surface area contributed by atoms with Crippen molar-refractivity contribution in [3.05, 3.63) is 29.3 Å². The predicted molar refractivity (Wildman–Crippen MR) is 92.3 cm³/mol. The number of ether oxygens (including phenoxy) is 1. The maximum absolute atomic E-state index is 12.5. The van der Waals surface area contributed by atoms with Gasteiger partial charge < -0.3 is 9.64 Å². The molecule has 1 atom stereocenters. The highest BCUT2D eigenvalue weighted by molar-refractivity contribution is 5.81. The Morgan fingerprint density at radius 1 is 1.17 bits per heavy atom. The minimum atomic E-state index is -0.626. The van der Waals surface area contributed by atoms with Crippen molar-refractivity contribution in [2.24, 2.45) is 5.92 Å². The number of amides is 1. The molecule has 1 aromatic rings. The van der Waals surface area contributed by atoms with Crippen molar-refractivity contribution in [3.63, 3.8) is 0 Å². The molecule has 1 aromatic carbocycles. The minimum Gasteiger partial charge on any atom is -0.494 e. The van der Waals surface area contributed by atoms with Gasteiger partial charge in [0.2, 0.25) is 5.91 Å². The van der Waals surface area contributed by atoms with Gasteiger partial charge in [0.05, 0.1) is 12.7 Å². The highest BCUT2D eigenvalue weighted by Gasteiger charge is 2.23. The number of nitriles is 1. The molecule has 0 aliphatic rings. The molecule has 4 heteroatoms. The standard InChI is InChI=1S/C19H28N2O2/c1-5-8-21(9-6-2)19(22)17(14-20)7-10-23-18-12-15(3)11-16(4)13-18/h11-13,17H,5-10H2,1-4H3. The van der Waals surface area contributed by atoms with Gasteiger partial charge in [0, 0.05) is 19.5 Å². The summed E-state index contributed by atoms with van der Waals surface area (Å²) in [5.41, 5.74) is 2.29. The molecule has 0 aromatic heterocycles. The molecule has 0 spiro atoms. The van der Waals surface area contributed by atoms with E-state index in [-0.39, 0.29) is 5.91 Å². The van der Waals surface area contributed by atoms with Crippen molar-refractivity contribution in [1.29, 1.82) is 5.26 Å². The zero-order chi connectivity index (χ0) is 17.2. The number of rotatable bonds is 9. The van der Waals surface area contributed by atoms with Gasteiger partial charge in [-0.3, -0.25) is 4.79 Å². The normalized spacial score (nSPS) is 11.6. The number of carbonyl (C=O) groups is 1. The first-order chi connectivity index (χ1) is 11.0. The summed E-state index contributed by atoms with van der Waals surface area (Å²) in [6.07, 6.45) is 2.23. The number of hydrogen-bond acceptors (Lipinski definition) is 3. The van der Waals surface area contributed by atoms with Gasteiger partial charge in [-0.1, -0.05) is 19.9 Å². The van der Waals surface area contributed by atoms with Crippen LogP contribution in [0, 0.1) is 31.1 Å². The molecule has 1 unspecified atom stereocenters. The van der Waals surface area contributed by atoms with Crippen LogP contribution in [-0.2, 0) is 4.79 Å². The van der Waals surface area contributed by atoms with Gasteiger partial charge in [0.15, 0.2) is 0 Å². The lowest BCUT2D eigenvalue weighted by Gasteiger charge is -2.23. The highest BCUT2D eigenvalue weighted by Crippen LogP contribution is 2.17. The molecule has 126 valence electrons. The van der Waals surface area contributed by atoms with E-state index < -0.39 is 5.92 Å². The third kappa shape index (κ3) is 6.32. The largest absolute Gasteiger partial charge is 0.494 e. The molecule has 0 aliphatic carbocycles. The van der Waals surface area contributed by atoms with E-state index in [1.54, 1.807) is 4.90 Å². The van der Waals surface area contributed by atoms with Crippen molar-refractivity contribution < 1.29 is 9.53 Å². The van der Waals surface area contributed by atoms with E-state index in [1.165, 1.54) is 0 Å². The molecular formula is C19H28N2O2. The second kappa shape index (κ2) is 9.89. The zero-order valence-electron chi connectivity index (χ0n) is 14.8. The fraction of sp³-hybridized carbons (Fsp3) is 0.579. The molecule has 0 saturated heterocycles. The average Bonchev–Trinajstić information content (AvgIpc) is 2.50. The first kappa shape index (κ1) is 19.0. The molecule has 1 rings (SSSR count). The number of aryl methyl sites for hydroxylation is 2. The van der Waals surface area contributed by atoms with Gasteiger partial charge in [-0.15, -0.1) is 0 Å². The van der Waals surface area contributed by atoms with E-state index in [9.17, 15) is 10.1 Å². The lowest BCUT2D eigenvalue weighted by molar-refractivity contribution is -0.134. The van der Waals surface area contributed by atoms with Crippen LogP contribution in [0.5, 0.6) is 5.75 Å². The van der Waals surface area contributed by atoms with Gasteiger partial charge in [-0.05, 0) is 49.9 Å². The van der Waals surface area contributed by atoms with Crippen molar-refractivity contribution in [1.82, 2.24) is 4.90 Å². The Bertz CT molecular complexity index is 523. The van der Waals surface area contributed by atoms with Gasteiger partial charge in [-0.2, -0.15) is 5.26 Å². The van der Waals surface area contributed by atoms with E-state index in [4.69, 9.17) is 4.74 Å². The van der Waals surface area contributed by atoms with E-state index in [0.717, 1.165) is 29.7 Å². The fourth-order valence-corrected chi connectivity index (χ4v) is 2.65. The van der Waals surface area contributed by atoms with Gasteiger partial charge in [-0.25, -0.2) is 0 Å². The van der Waals surface area contributed by atoms with E-state index in [0.29, 0.717) is 26.1 Å². The molecular weight excluding hydrogens is 288 g/mol. The van der Waals surface area contributed by atoms with Gasteiger partial charge in [0.25, 0.3) is 0 Å². The molecule has 0 N–H and O–H groups in total.